The van der Waals surface area contributed by atoms with Crippen LogP contribution in [0.1, 0.15) is 27.7 Å². The van der Waals surface area contributed by atoms with Gasteiger partial charge in [0.1, 0.15) is 11.2 Å². The highest BCUT2D eigenvalue weighted by atomic mass is 16.5. The molecule has 0 amide bonds. The highest BCUT2D eigenvalue weighted by Gasteiger charge is 2.36. The number of nitrogens with zero attached hydrogens (tertiary/aromatic N) is 1. The molecule has 0 radical (unpaired) electrons. The Hall–Kier alpha value is -1.85. The van der Waals surface area contributed by atoms with Crippen LogP contribution in [0, 0.1) is 0 Å². The van der Waals surface area contributed by atoms with Crippen molar-refractivity contribution in [3.05, 3.63) is 36.5 Å². The normalized spacial score (nSPS) is 13.0. The summed E-state index contributed by atoms with van der Waals surface area (Å²) in [4.78, 5) is 4.45. The van der Waals surface area contributed by atoms with E-state index in [4.69, 9.17) is 9.07 Å². The van der Waals surface area contributed by atoms with Crippen LogP contribution in [0.5, 0.6) is 0 Å². The number of aliphatic hydroxyl groups is 1. The lowest BCUT2D eigenvalue weighted by Gasteiger charge is -2.37. The predicted molar refractivity (Wildman–Crippen MR) is 89.8 cm³/mol. The van der Waals surface area contributed by atoms with Gasteiger partial charge in [0.2, 0.25) is 0 Å². The number of aromatic nitrogens is 1. The van der Waals surface area contributed by atoms with E-state index in [0.29, 0.717) is 7.48 Å². The fraction of sp³-hybridized carbons (Fsp3) is 0.353. The molecule has 2 heterocycles. The van der Waals surface area contributed by atoms with Gasteiger partial charge in [-0.15, -0.1) is 0 Å². The average Bonchev–Trinajstić information content (AvgIpc) is 2.83. The Morgan fingerprint density at radius 1 is 1.09 bits per heavy atom. The summed E-state index contributed by atoms with van der Waals surface area (Å²) in [6.07, 6.45) is 1.72. The molecule has 0 unspecified atom stereocenters. The van der Waals surface area contributed by atoms with Gasteiger partial charge < -0.3 is 14.2 Å². The molecule has 22 heavy (non-hydrogen) atoms. The van der Waals surface area contributed by atoms with Crippen molar-refractivity contribution in [2.45, 2.75) is 38.9 Å². The Kier molecular flexibility index (Phi) is 3.50. The molecule has 4 nitrogen and oxygen atoms in total. The molecule has 114 valence electrons. The van der Waals surface area contributed by atoms with E-state index in [9.17, 15) is 5.11 Å². The molecule has 0 fully saturated rings. The molecule has 0 saturated heterocycles. The number of pyridine rings is 1. The SMILES string of the molecule is CC(C)(O)C(C)(C)OBc1nccc2oc3ccccc3c12. The third-order valence-electron chi connectivity index (χ3n) is 4.41. The first-order chi connectivity index (χ1) is 10.3. The molecular formula is C17H20BNO3. The second kappa shape index (κ2) is 5.11. The van der Waals surface area contributed by atoms with Crippen LogP contribution in [-0.4, -0.2) is 28.8 Å². The van der Waals surface area contributed by atoms with Crippen LogP contribution in [0.4, 0.5) is 0 Å². The molecule has 0 atom stereocenters. The second-order valence-corrected chi connectivity index (χ2v) is 6.59. The summed E-state index contributed by atoms with van der Waals surface area (Å²) >= 11 is 0. The summed E-state index contributed by atoms with van der Waals surface area (Å²) in [5, 5.41) is 12.2. The van der Waals surface area contributed by atoms with Gasteiger partial charge in [-0.2, -0.15) is 0 Å². The van der Waals surface area contributed by atoms with Gasteiger partial charge in [0.05, 0.1) is 11.2 Å². The van der Waals surface area contributed by atoms with Crippen LogP contribution >= 0.6 is 0 Å². The highest BCUT2D eigenvalue weighted by molar-refractivity contribution is 6.51. The molecule has 2 aromatic heterocycles. The Balaban J connectivity index is 2.01. The molecule has 3 aromatic rings. The highest BCUT2D eigenvalue weighted by Crippen LogP contribution is 2.27. The van der Waals surface area contributed by atoms with Crippen molar-refractivity contribution < 1.29 is 14.2 Å². The molecule has 0 aliphatic rings. The fourth-order valence-electron chi connectivity index (χ4n) is 2.27. The molecule has 0 spiro atoms. The zero-order valence-corrected chi connectivity index (χ0v) is 13.4. The van der Waals surface area contributed by atoms with Crippen LogP contribution in [0.15, 0.2) is 40.9 Å². The van der Waals surface area contributed by atoms with E-state index in [1.807, 2.05) is 44.2 Å². The van der Waals surface area contributed by atoms with E-state index < -0.39 is 11.2 Å². The van der Waals surface area contributed by atoms with Crippen LogP contribution in [-0.2, 0) is 4.65 Å². The minimum absolute atomic E-state index is 0.317. The number of hydrogen-bond acceptors (Lipinski definition) is 4. The van der Waals surface area contributed by atoms with Crippen molar-refractivity contribution in [1.29, 1.82) is 0 Å². The van der Waals surface area contributed by atoms with Gasteiger partial charge in [-0.1, -0.05) is 18.2 Å². The van der Waals surface area contributed by atoms with Crippen molar-refractivity contribution in [2.24, 2.45) is 0 Å². The minimum Gasteiger partial charge on any atom is -0.456 e. The van der Waals surface area contributed by atoms with Crippen molar-refractivity contribution in [3.63, 3.8) is 0 Å². The molecule has 3 rings (SSSR count). The summed E-state index contributed by atoms with van der Waals surface area (Å²) in [7, 11) is 0.317. The summed E-state index contributed by atoms with van der Waals surface area (Å²) in [6, 6.07) is 9.76. The van der Waals surface area contributed by atoms with Crippen molar-refractivity contribution in [2.75, 3.05) is 0 Å². The van der Waals surface area contributed by atoms with E-state index >= 15 is 0 Å². The smallest absolute Gasteiger partial charge is 0.330 e. The lowest BCUT2D eigenvalue weighted by atomic mass is 9.84. The van der Waals surface area contributed by atoms with Crippen molar-refractivity contribution >= 4 is 35.0 Å². The predicted octanol–water partition coefficient (Wildman–Crippen LogP) is 2.52. The lowest BCUT2D eigenvalue weighted by Crippen LogP contribution is -2.49. The van der Waals surface area contributed by atoms with Gasteiger partial charge >= 0.3 is 7.48 Å². The monoisotopic (exact) mass is 297 g/mol. The number of fused-ring (bicyclic) bond motifs is 3. The largest absolute Gasteiger partial charge is 0.456 e. The van der Waals surface area contributed by atoms with E-state index in [-0.39, 0.29) is 0 Å². The molecular weight excluding hydrogens is 277 g/mol. The van der Waals surface area contributed by atoms with Crippen molar-refractivity contribution in [1.82, 2.24) is 4.98 Å². The molecule has 5 heteroatoms. The Morgan fingerprint density at radius 2 is 1.82 bits per heavy atom. The quantitative estimate of drug-likeness (QED) is 0.752. The summed E-state index contributed by atoms with van der Waals surface area (Å²) in [6.45, 7) is 7.24. The molecule has 0 aliphatic carbocycles. The summed E-state index contributed by atoms with van der Waals surface area (Å²) < 4.78 is 11.8. The average molecular weight is 297 g/mol. The first-order valence-corrected chi connectivity index (χ1v) is 7.41. The summed E-state index contributed by atoms with van der Waals surface area (Å²) in [5.41, 5.74) is 0.833. The number of benzene rings is 1. The van der Waals surface area contributed by atoms with E-state index in [2.05, 4.69) is 4.98 Å². The van der Waals surface area contributed by atoms with Crippen LogP contribution in [0.2, 0.25) is 0 Å². The molecule has 0 aliphatic heterocycles. The first-order valence-electron chi connectivity index (χ1n) is 7.41. The van der Waals surface area contributed by atoms with Gasteiger partial charge in [-0.25, -0.2) is 0 Å². The number of rotatable bonds is 4. The number of furan rings is 1. The Morgan fingerprint density at radius 3 is 2.55 bits per heavy atom. The fourth-order valence-corrected chi connectivity index (χ4v) is 2.27. The van der Waals surface area contributed by atoms with Crippen LogP contribution in [0.3, 0.4) is 0 Å². The van der Waals surface area contributed by atoms with Gasteiger partial charge in [0, 0.05) is 22.6 Å². The molecule has 1 aromatic carbocycles. The molecule has 0 saturated carbocycles. The van der Waals surface area contributed by atoms with Crippen molar-refractivity contribution in [3.8, 4) is 0 Å². The maximum atomic E-state index is 10.2. The van der Waals surface area contributed by atoms with Crippen LogP contribution in [0.25, 0.3) is 21.9 Å². The molecule has 0 bridgehead atoms. The summed E-state index contributed by atoms with van der Waals surface area (Å²) in [5.74, 6) is 0. The first kappa shape index (κ1) is 15.1. The third kappa shape index (κ3) is 2.51. The van der Waals surface area contributed by atoms with E-state index in [1.54, 1.807) is 20.0 Å². The zero-order valence-electron chi connectivity index (χ0n) is 13.4. The van der Waals surface area contributed by atoms with Gasteiger partial charge in [0.25, 0.3) is 0 Å². The lowest BCUT2D eigenvalue weighted by molar-refractivity contribution is -0.0893. The Bertz CT molecular complexity index is 817. The minimum atomic E-state index is -0.945. The standard InChI is InChI=1S/C17H20BNO3/c1-16(2,20)17(3,4)22-18-15-14-11-7-5-6-8-12(11)21-13(14)9-10-19-15/h5-10,18,20H,1-4H3. The maximum absolute atomic E-state index is 10.2. The van der Waals surface area contributed by atoms with E-state index in [1.165, 1.54) is 0 Å². The van der Waals surface area contributed by atoms with Gasteiger partial charge in [0.15, 0.2) is 0 Å². The molecule has 1 N–H and O–H groups in total. The van der Waals surface area contributed by atoms with Crippen LogP contribution < -0.4 is 5.59 Å². The third-order valence-corrected chi connectivity index (χ3v) is 4.41. The maximum Gasteiger partial charge on any atom is 0.330 e. The van der Waals surface area contributed by atoms with E-state index in [0.717, 1.165) is 27.5 Å². The topological polar surface area (TPSA) is 55.5 Å². The number of para-hydroxylation sites is 1. The second-order valence-electron chi connectivity index (χ2n) is 6.59. The van der Waals surface area contributed by atoms with Gasteiger partial charge in [-0.3, -0.25) is 4.98 Å². The Labute approximate surface area is 130 Å². The number of hydrogen-bond donors (Lipinski definition) is 1. The van der Waals surface area contributed by atoms with Gasteiger partial charge in [-0.05, 0) is 39.8 Å². The zero-order chi connectivity index (χ0) is 16.0.